The second-order valence-electron chi connectivity index (χ2n) is 5.65. The van der Waals surface area contributed by atoms with E-state index < -0.39 is 11.8 Å². The van der Waals surface area contributed by atoms with Crippen LogP contribution in [0.15, 0.2) is 47.6 Å². The predicted octanol–water partition coefficient (Wildman–Crippen LogP) is 1.52. The first-order valence-corrected chi connectivity index (χ1v) is 8.54. The highest BCUT2D eigenvalue weighted by atomic mass is 16.5. The van der Waals surface area contributed by atoms with Gasteiger partial charge in [0.05, 0.1) is 27.5 Å². The maximum absolute atomic E-state index is 11.8. The van der Waals surface area contributed by atoms with Crippen molar-refractivity contribution in [2.24, 2.45) is 5.10 Å². The molecule has 148 valence electrons. The zero-order valence-corrected chi connectivity index (χ0v) is 16.0. The van der Waals surface area contributed by atoms with Crippen molar-refractivity contribution in [1.29, 1.82) is 0 Å². The summed E-state index contributed by atoms with van der Waals surface area (Å²) in [5.41, 5.74) is 3.86. The zero-order valence-electron chi connectivity index (χ0n) is 16.0. The second kappa shape index (κ2) is 10.6. The molecular weight excluding hydrogens is 362 g/mol. The highest BCUT2D eigenvalue weighted by molar-refractivity contribution is 6.35. The van der Waals surface area contributed by atoms with Crippen molar-refractivity contribution in [2.45, 2.75) is 6.42 Å². The highest BCUT2D eigenvalue weighted by Crippen LogP contribution is 2.37. The standard InChI is InChI=1S/C20H23N3O5/c1-26-16-11-15(12-17(27-2)18(16)28-3)13-22-23-20(25)19(24)21-10-9-14-7-5-4-6-8-14/h4-8,11-13H,9-10H2,1-3H3,(H,21,24)(H,23,25)/b22-13-. The molecule has 2 rings (SSSR count). The molecule has 2 N–H and O–H groups in total. The van der Waals surface area contributed by atoms with Crippen LogP contribution in [-0.2, 0) is 16.0 Å². The predicted molar refractivity (Wildman–Crippen MR) is 105 cm³/mol. The van der Waals surface area contributed by atoms with Crippen LogP contribution in [0.25, 0.3) is 0 Å². The fraction of sp³-hybridized carbons (Fsp3) is 0.250. The van der Waals surface area contributed by atoms with E-state index in [1.54, 1.807) is 12.1 Å². The zero-order chi connectivity index (χ0) is 20.4. The molecule has 0 saturated carbocycles. The minimum absolute atomic E-state index is 0.354. The number of nitrogens with one attached hydrogen (secondary N) is 2. The van der Waals surface area contributed by atoms with Crippen molar-refractivity contribution in [1.82, 2.24) is 10.7 Å². The third-order valence-corrected chi connectivity index (χ3v) is 3.82. The molecule has 0 aliphatic rings. The van der Waals surface area contributed by atoms with Crippen LogP contribution in [0.4, 0.5) is 0 Å². The van der Waals surface area contributed by atoms with Crippen molar-refractivity contribution in [2.75, 3.05) is 27.9 Å². The molecule has 2 amide bonds. The Balaban J connectivity index is 1.89. The van der Waals surface area contributed by atoms with Crippen molar-refractivity contribution >= 4 is 18.0 Å². The Morgan fingerprint density at radius 2 is 1.61 bits per heavy atom. The smallest absolute Gasteiger partial charge is 0.329 e. The SMILES string of the molecule is COc1cc(/C=N\NC(=O)C(=O)NCCc2ccccc2)cc(OC)c1OC. The maximum Gasteiger partial charge on any atom is 0.329 e. The van der Waals surface area contributed by atoms with Crippen LogP contribution in [0.3, 0.4) is 0 Å². The molecular formula is C20H23N3O5. The lowest BCUT2D eigenvalue weighted by Crippen LogP contribution is -2.38. The van der Waals surface area contributed by atoms with E-state index in [2.05, 4.69) is 15.8 Å². The van der Waals surface area contributed by atoms with Gasteiger partial charge in [-0.05, 0) is 24.1 Å². The maximum atomic E-state index is 11.8. The number of amides is 2. The van der Waals surface area contributed by atoms with Gasteiger partial charge in [0.1, 0.15) is 0 Å². The summed E-state index contributed by atoms with van der Waals surface area (Å²) in [4.78, 5) is 23.6. The third-order valence-electron chi connectivity index (χ3n) is 3.82. The number of rotatable bonds is 8. The number of carbonyl (C=O) groups is 2. The first-order chi connectivity index (χ1) is 13.6. The van der Waals surface area contributed by atoms with Crippen LogP contribution in [0.5, 0.6) is 17.2 Å². The molecule has 8 nitrogen and oxygen atoms in total. The van der Waals surface area contributed by atoms with Gasteiger partial charge in [0.15, 0.2) is 11.5 Å². The highest BCUT2D eigenvalue weighted by Gasteiger charge is 2.13. The van der Waals surface area contributed by atoms with Gasteiger partial charge in [0.25, 0.3) is 0 Å². The average molecular weight is 385 g/mol. The molecule has 8 heteroatoms. The van der Waals surface area contributed by atoms with Crippen molar-refractivity contribution in [3.8, 4) is 17.2 Å². The van der Waals surface area contributed by atoms with Crippen LogP contribution in [0.1, 0.15) is 11.1 Å². The summed E-state index contributed by atoms with van der Waals surface area (Å²) in [5.74, 6) is -0.250. The minimum atomic E-state index is -0.850. The summed E-state index contributed by atoms with van der Waals surface area (Å²) in [5, 5.41) is 6.35. The van der Waals surface area contributed by atoms with E-state index in [1.165, 1.54) is 27.5 Å². The van der Waals surface area contributed by atoms with Crippen LogP contribution in [0, 0.1) is 0 Å². The summed E-state index contributed by atoms with van der Waals surface area (Å²) < 4.78 is 15.7. The monoisotopic (exact) mass is 385 g/mol. The number of nitrogens with zero attached hydrogens (tertiary/aromatic N) is 1. The van der Waals surface area contributed by atoms with Crippen molar-refractivity contribution in [3.05, 3.63) is 53.6 Å². The molecule has 28 heavy (non-hydrogen) atoms. The topological polar surface area (TPSA) is 98.2 Å². The molecule has 0 saturated heterocycles. The van der Waals surface area contributed by atoms with E-state index in [0.29, 0.717) is 35.8 Å². The summed E-state index contributed by atoms with van der Waals surface area (Å²) >= 11 is 0. The lowest BCUT2D eigenvalue weighted by molar-refractivity contribution is -0.139. The Bertz CT molecular complexity index is 812. The van der Waals surface area contributed by atoms with E-state index in [4.69, 9.17) is 14.2 Å². The molecule has 0 aromatic heterocycles. The fourth-order valence-electron chi connectivity index (χ4n) is 2.44. The third kappa shape index (κ3) is 5.73. The second-order valence-corrected chi connectivity index (χ2v) is 5.65. The minimum Gasteiger partial charge on any atom is -0.493 e. The number of hydrogen-bond acceptors (Lipinski definition) is 6. The number of hydrogen-bond donors (Lipinski definition) is 2. The molecule has 0 atom stereocenters. The molecule has 0 radical (unpaired) electrons. The largest absolute Gasteiger partial charge is 0.493 e. The molecule has 0 heterocycles. The molecule has 2 aromatic carbocycles. The number of carbonyl (C=O) groups excluding carboxylic acids is 2. The van der Waals surface area contributed by atoms with Crippen molar-refractivity contribution in [3.63, 3.8) is 0 Å². The van der Waals surface area contributed by atoms with Crippen LogP contribution < -0.4 is 25.0 Å². The van der Waals surface area contributed by atoms with Gasteiger partial charge in [-0.15, -0.1) is 0 Å². The van der Waals surface area contributed by atoms with E-state index in [9.17, 15) is 9.59 Å². The summed E-state index contributed by atoms with van der Waals surface area (Å²) in [6.07, 6.45) is 2.01. The average Bonchev–Trinajstić information content (AvgIpc) is 2.73. The quantitative estimate of drug-likeness (QED) is 0.408. The normalized spacial score (nSPS) is 10.4. The number of ether oxygens (including phenoxy) is 3. The van der Waals surface area contributed by atoms with Gasteiger partial charge in [-0.2, -0.15) is 5.10 Å². The Hall–Kier alpha value is -3.55. The molecule has 0 fully saturated rings. The summed E-state index contributed by atoms with van der Waals surface area (Å²) in [7, 11) is 4.50. The Labute approximate surface area is 163 Å². The Morgan fingerprint density at radius 3 is 2.18 bits per heavy atom. The lowest BCUT2D eigenvalue weighted by atomic mass is 10.1. The van der Waals surface area contributed by atoms with E-state index in [0.717, 1.165) is 5.56 Å². The molecule has 0 unspecified atom stereocenters. The summed E-state index contributed by atoms with van der Waals surface area (Å²) in [6.45, 7) is 0.354. The van der Waals surface area contributed by atoms with Crippen LogP contribution in [-0.4, -0.2) is 45.9 Å². The van der Waals surface area contributed by atoms with Gasteiger partial charge in [0.2, 0.25) is 5.75 Å². The number of methoxy groups -OCH3 is 3. The van der Waals surface area contributed by atoms with E-state index in [-0.39, 0.29) is 0 Å². The van der Waals surface area contributed by atoms with Gasteiger partial charge in [-0.1, -0.05) is 30.3 Å². The molecule has 0 aliphatic carbocycles. The van der Waals surface area contributed by atoms with E-state index >= 15 is 0 Å². The van der Waals surface area contributed by atoms with Gasteiger partial charge < -0.3 is 19.5 Å². The van der Waals surface area contributed by atoms with Gasteiger partial charge >= 0.3 is 11.8 Å². The molecule has 2 aromatic rings. The fourth-order valence-corrected chi connectivity index (χ4v) is 2.44. The number of benzene rings is 2. The van der Waals surface area contributed by atoms with Gasteiger partial charge in [0, 0.05) is 12.1 Å². The lowest BCUT2D eigenvalue weighted by Gasteiger charge is -2.12. The Kier molecular flexibility index (Phi) is 7.83. The first kappa shape index (κ1) is 20.8. The van der Waals surface area contributed by atoms with Gasteiger partial charge in [-0.25, -0.2) is 5.43 Å². The molecule has 0 spiro atoms. The molecule has 0 aliphatic heterocycles. The number of hydrazone groups is 1. The Morgan fingerprint density at radius 1 is 0.964 bits per heavy atom. The van der Waals surface area contributed by atoms with E-state index in [1.807, 2.05) is 30.3 Å². The van der Waals surface area contributed by atoms with Crippen LogP contribution in [0.2, 0.25) is 0 Å². The van der Waals surface area contributed by atoms with Gasteiger partial charge in [-0.3, -0.25) is 9.59 Å². The molecule has 0 bridgehead atoms. The first-order valence-electron chi connectivity index (χ1n) is 8.54. The van der Waals surface area contributed by atoms with Crippen molar-refractivity contribution < 1.29 is 23.8 Å². The van der Waals surface area contributed by atoms with Crippen LogP contribution >= 0.6 is 0 Å². The summed E-state index contributed by atoms with van der Waals surface area (Å²) in [6, 6.07) is 13.0.